The van der Waals surface area contributed by atoms with E-state index in [9.17, 15) is 0 Å². The summed E-state index contributed by atoms with van der Waals surface area (Å²) in [4.78, 5) is 0. The van der Waals surface area contributed by atoms with Gasteiger partial charge in [0.25, 0.3) is 0 Å². The van der Waals surface area contributed by atoms with Crippen molar-refractivity contribution in [1.82, 2.24) is 15.1 Å². The first-order valence-electron chi connectivity index (χ1n) is 5.08. The molecule has 0 aliphatic carbocycles. The van der Waals surface area contributed by atoms with Crippen LogP contribution >= 0.6 is 0 Å². The first kappa shape index (κ1) is 11.0. The Kier molecular flexibility index (Phi) is 4.40. The quantitative estimate of drug-likeness (QED) is 0.700. The summed E-state index contributed by atoms with van der Waals surface area (Å²) in [5.41, 5.74) is 2.39. The van der Waals surface area contributed by atoms with Gasteiger partial charge in [-0.3, -0.25) is 4.68 Å². The normalized spacial score (nSPS) is 10.4. The molecule has 0 aromatic carbocycles. The van der Waals surface area contributed by atoms with Gasteiger partial charge in [0.2, 0.25) is 0 Å². The summed E-state index contributed by atoms with van der Waals surface area (Å²) < 4.78 is 1.98. The van der Waals surface area contributed by atoms with Gasteiger partial charge in [0.05, 0.1) is 6.20 Å². The smallest absolute Gasteiger partial charge is 0.0534 e. The predicted molar refractivity (Wildman–Crippen MR) is 59.0 cm³/mol. The molecule has 78 valence electrons. The van der Waals surface area contributed by atoms with Crippen LogP contribution in [0.25, 0.3) is 0 Å². The molecular weight excluding hydrogens is 174 g/mol. The minimum absolute atomic E-state index is 0.872. The third kappa shape index (κ3) is 3.75. The molecule has 0 amide bonds. The summed E-state index contributed by atoms with van der Waals surface area (Å²) in [6.45, 7) is 10.8. The lowest BCUT2D eigenvalue weighted by molar-refractivity contribution is 0.601. The van der Waals surface area contributed by atoms with E-state index < -0.39 is 0 Å². The molecule has 1 N–H and O–H groups in total. The molecule has 0 atom stereocenters. The van der Waals surface area contributed by atoms with Gasteiger partial charge in [-0.1, -0.05) is 19.1 Å². The van der Waals surface area contributed by atoms with Crippen LogP contribution in [0, 0.1) is 0 Å². The van der Waals surface area contributed by atoms with Crippen molar-refractivity contribution in [3.63, 3.8) is 0 Å². The highest BCUT2D eigenvalue weighted by atomic mass is 15.3. The Bertz CT molecular complexity index is 288. The van der Waals surface area contributed by atoms with E-state index in [4.69, 9.17) is 0 Å². The van der Waals surface area contributed by atoms with Crippen molar-refractivity contribution in [3.05, 3.63) is 30.1 Å². The van der Waals surface area contributed by atoms with Gasteiger partial charge in [-0.15, -0.1) is 0 Å². The Morgan fingerprint density at radius 3 is 3.07 bits per heavy atom. The molecule has 14 heavy (non-hydrogen) atoms. The average molecular weight is 193 g/mol. The lowest BCUT2D eigenvalue weighted by Gasteiger charge is -2.01. The second kappa shape index (κ2) is 5.60. The van der Waals surface area contributed by atoms with E-state index in [1.54, 1.807) is 0 Å². The maximum Gasteiger partial charge on any atom is 0.0534 e. The van der Waals surface area contributed by atoms with Gasteiger partial charge in [0, 0.05) is 31.4 Å². The highest BCUT2D eigenvalue weighted by Gasteiger charge is 1.96. The lowest BCUT2D eigenvalue weighted by Crippen LogP contribution is -2.14. The molecule has 0 saturated carbocycles. The number of nitrogens with one attached hydrogen (secondary N) is 1. The van der Waals surface area contributed by atoms with Crippen LogP contribution in [0.4, 0.5) is 0 Å². The Hall–Kier alpha value is -1.09. The van der Waals surface area contributed by atoms with Crippen molar-refractivity contribution in [3.8, 4) is 0 Å². The molecule has 0 bridgehead atoms. The van der Waals surface area contributed by atoms with Crippen molar-refractivity contribution in [2.24, 2.45) is 0 Å². The van der Waals surface area contributed by atoms with E-state index in [2.05, 4.69) is 30.1 Å². The van der Waals surface area contributed by atoms with Gasteiger partial charge < -0.3 is 5.32 Å². The summed E-state index contributed by atoms with van der Waals surface area (Å²) in [6.07, 6.45) is 5.14. The molecule has 1 heterocycles. The Labute approximate surface area is 85.8 Å². The standard InChI is InChI=1S/C11H19N3/c1-4-5-14-9-11(8-13-14)7-12-6-10(2)3/h8-9,12H,2,4-7H2,1,3H3. The number of aryl methyl sites for hydroxylation is 1. The first-order valence-corrected chi connectivity index (χ1v) is 5.08. The van der Waals surface area contributed by atoms with E-state index in [0.29, 0.717) is 0 Å². The monoisotopic (exact) mass is 193 g/mol. The third-order valence-electron chi connectivity index (χ3n) is 1.90. The molecular formula is C11H19N3. The summed E-state index contributed by atoms with van der Waals surface area (Å²) >= 11 is 0. The minimum atomic E-state index is 0.872. The fourth-order valence-electron chi connectivity index (χ4n) is 1.27. The number of nitrogens with zero attached hydrogens (tertiary/aromatic N) is 2. The SMILES string of the molecule is C=C(C)CNCc1cnn(CCC)c1. The minimum Gasteiger partial charge on any atom is -0.309 e. The van der Waals surface area contributed by atoms with Crippen LogP contribution < -0.4 is 5.32 Å². The predicted octanol–water partition coefficient (Wildman–Crippen LogP) is 1.96. The molecule has 0 fully saturated rings. The number of aromatic nitrogens is 2. The molecule has 3 heteroatoms. The van der Waals surface area contributed by atoms with Gasteiger partial charge in [-0.25, -0.2) is 0 Å². The van der Waals surface area contributed by atoms with Crippen LogP contribution in [-0.2, 0) is 13.1 Å². The van der Waals surface area contributed by atoms with Crippen LogP contribution in [-0.4, -0.2) is 16.3 Å². The number of hydrogen-bond donors (Lipinski definition) is 1. The Morgan fingerprint density at radius 1 is 1.64 bits per heavy atom. The molecule has 0 unspecified atom stereocenters. The van der Waals surface area contributed by atoms with E-state index in [-0.39, 0.29) is 0 Å². The largest absolute Gasteiger partial charge is 0.309 e. The van der Waals surface area contributed by atoms with Gasteiger partial charge in [-0.05, 0) is 13.3 Å². The van der Waals surface area contributed by atoms with Crippen LogP contribution in [0.2, 0.25) is 0 Å². The highest BCUT2D eigenvalue weighted by molar-refractivity contribution is 5.04. The maximum atomic E-state index is 4.26. The van der Waals surface area contributed by atoms with Crippen LogP contribution in [0.15, 0.2) is 24.5 Å². The van der Waals surface area contributed by atoms with Crippen LogP contribution in [0.1, 0.15) is 25.8 Å². The number of rotatable bonds is 6. The van der Waals surface area contributed by atoms with Crippen molar-refractivity contribution < 1.29 is 0 Å². The fraction of sp³-hybridized carbons (Fsp3) is 0.545. The summed E-state index contributed by atoms with van der Waals surface area (Å²) in [5, 5.41) is 7.56. The Morgan fingerprint density at radius 2 is 2.43 bits per heavy atom. The topological polar surface area (TPSA) is 29.9 Å². The molecule has 0 aliphatic heterocycles. The molecule has 3 nitrogen and oxygen atoms in total. The second-order valence-corrected chi connectivity index (χ2v) is 3.67. The van der Waals surface area contributed by atoms with Crippen LogP contribution in [0.3, 0.4) is 0 Å². The Balaban J connectivity index is 2.32. The van der Waals surface area contributed by atoms with Crippen molar-refractivity contribution in [2.45, 2.75) is 33.4 Å². The zero-order valence-electron chi connectivity index (χ0n) is 9.08. The van der Waals surface area contributed by atoms with E-state index >= 15 is 0 Å². The molecule has 0 spiro atoms. The summed E-state index contributed by atoms with van der Waals surface area (Å²) in [7, 11) is 0. The zero-order valence-corrected chi connectivity index (χ0v) is 9.08. The molecule has 0 radical (unpaired) electrons. The van der Waals surface area contributed by atoms with Gasteiger partial charge in [0.15, 0.2) is 0 Å². The lowest BCUT2D eigenvalue weighted by atomic mass is 10.3. The van der Waals surface area contributed by atoms with Gasteiger partial charge >= 0.3 is 0 Å². The van der Waals surface area contributed by atoms with Gasteiger partial charge in [0.1, 0.15) is 0 Å². The molecule has 1 aromatic heterocycles. The fourth-order valence-corrected chi connectivity index (χ4v) is 1.27. The molecule has 1 rings (SSSR count). The molecule has 1 aromatic rings. The molecule has 0 aliphatic rings. The summed E-state index contributed by atoms with van der Waals surface area (Å²) in [5.74, 6) is 0. The third-order valence-corrected chi connectivity index (χ3v) is 1.90. The first-order chi connectivity index (χ1) is 6.72. The van der Waals surface area contributed by atoms with Crippen LogP contribution in [0.5, 0.6) is 0 Å². The summed E-state index contributed by atoms with van der Waals surface area (Å²) in [6, 6.07) is 0. The average Bonchev–Trinajstić information content (AvgIpc) is 2.53. The van der Waals surface area contributed by atoms with E-state index in [0.717, 1.165) is 31.6 Å². The maximum absolute atomic E-state index is 4.26. The van der Waals surface area contributed by atoms with Crippen molar-refractivity contribution >= 4 is 0 Å². The van der Waals surface area contributed by atoms with Gasteiger partial charge in [-0.2, -0.15) is 5.10 Å². The van der Waals surface area contributed by atoms with Crippen molar-refractivity contribution in [1.29, 1.82) is 0 Å². The van der Waals surface area contributed by atoms with E-state index in [1.165, 1.54) is 5.56 Å². The second-order valence-electron chi connectivity index (χ2n) is 3.67. The zero-order chi connectivity index (χ0) is 10.4. The van der Waals surface area contributed by atoms with E-state index in [1.807, 2.05) is 17.8 Å². The van der Waals surface area contributed by atoms with Crippen molar-refractivity contribution in [2.75, 3.05) is 6.54 Å². The number of hydrogen-bond acceptors (Lipinski definition) is 2. The molecule has 0 saturated heterocycles. The highest BCUT2D eigenvalue weighted by Crippen LogP contribution is 1.98.